The Morgan fingerprint density at radius 1 is 1.04 bits per heavy atom. The second kappa shape index (κ2) is 9.38. The molecule has 0 spiro atoms. The summed E-state index contributed by atoms with van der Waals surface area (Å²) in [5.41, 5.74) is 2.19. The second-order valence-electron chi connectivity index (χ2n) is 5.83. The van der Waals surface area contributed by atoms with E-state index in [1.54, 1.807) is 24.3 Å². The molecule has 0 heterocycles. The van der Waals surface area contributed by atoms with Gasteiger partial charge in [0.1, 0.15) is 0 Å². The molecule has 7 nitrogen and oxygen atoms in total. The Labute approximate surface area is 159 Å². The van der Waals surface area contributed by atoms with Crippen molar-refractivity contribution in [1.29, 1.82) is 0 Å². The summed E-state index contributed by atoms with van der Waals surface area (Å²) in [5, 5.41) is 2.73. The molecule has 2 aromatic carbocycles. The molecule has 0 saturated heterocycles. The lowest BCUT2D eigenvalue weighted by Gasteiger charge is -2.12. The van der Waals surface area contributed by atoms with Crippen LogP contribution in [0.25, 0.3) is 0 Å². The molecule has 0 unspecified atom stereocenters. The second-order valence-corrected chi connectivity index (χ2v) is 7.64. The topological polar surface area (TPSA) is 93.7 Å². The van der Waals surface area contributed by atoms with Gasteiger partial charge in [0.15, 0.2) is 11.5 Å². The molecule has 0 aliphatic rings. The summed E-state index contributed by atoms with van der Waals surface area (Å²) < 4.78 is 37.2. The average Bonchev–Trinajstić information content (AvgIpc) is 2.66. The van der Waals surface area contributed by atoms with Crippen molar-refractivity contribution in [2.45, 2.75) is 19.1 Å². The Kier molecular flexibility index (Phi) is 7.20. The number of rotatable bonds is 9. The third-order valence-corrected chi connectivity index (χ3v) is 5.23. The summed E-state index contributed by atoms with van der Waals surface area (Å²) in [5.74, 6) is 0.262. The van der Waals surface area contributed by atoms with E-state index in [0.717, 1.165) is 12.0 Å². The number of amides is 1. The summed E-state index contributed by atoms with van der Waals surface area (Å²) in [4.78, 5) is 12.1. The van der Waals surface area contributed by atoms with Crippen LogP contribution in [0.5, 0.6) is 11.5 Å². The molecule has 0 bridgehead atoms. The number of ether oxygens (including phenoxy) is 2. The molecule has 27 heavy (non-hydrogen) atoms. The van der Waals surface area contributed by atoms with Gasteiger partial charge in [0, 0.05) is 5.69 Å². The Balaban J connectivity index is 1.97. The molecule has 0 aliphatic carbocycles. The summed E-state index contributed by atoms with van der Waals surface area (Å²) >= 11 is 0. The average molecular weight is 392 g/mol. The lowest BCUT2D eigenvalue weighted by Crippen LogP contribution is -2.33. The molecule has 0 fully saturated rings. The number of hydrogen-bond donors (Lipinski definition) is 2. The van der Waals surface area contributed by atoms with Crippen LogP contribution in [-0.2, 0) is 27.0 Å². The normalized spacial score (nSPS) is 11.1. The van der Waals surface area contributed by atoms with Crippen LogP contribution in [0, 0.1) is 0 Å². The van der Waals surface area contributed by atoms with Gasteiger partial charge in [0.2, 0.25) is 15.9 Å². The first-order valence-corrected chi connectivity index (χ1v) is 10.1. The number of carbonyl (C=O) groups is 1. The van der Waals surface area contributed by atoms with E-state index < -0.39 is 15.9 Å². The van der Waals surface area contributed by atoms with Gasteiger partial charge >= 0.3 is 0 Å². The predicted octanol–water partition coefficient (Wildman–Crippen LogP) is 2.32. The van der Waals surface area contributed by atoms with Gasteiger partial charge in [-0.2, -0.15) is 0 Å². The maximum atomic E-state index is 12.3. The molecule has 0 saturated carbocycles. The quantitative estimate of drug-likeness (QED) is 0.683. The molecule has 0 aromatic heterocycles. The van der Waals surface area contributed by atoms with Crippen LogP contribution >= 0.6 is 0 Å². The first kappa shape index (κ1) is 20.7. The van der Waals surface area contributed by atoms with Gasteiger partial charge in [-0.05, 0) is 35.7 Å². The van der Waals surface area contributed by atoms with Crippen molar-refractivity contribution in [3.8, 4) is 11.5 Å². The van der Waals surface area contributed by atoms with E-state index in [2.05, 4.69) is 10.0 Å². The van der Waals surface area contributed by atoms with Crippen molar-refractivity contribution in [3.63, 3.8) is 0 Å². The Morgan fingerprint density at radius 3 is 2.41 bits per heavy atom. The minimum atomic E-state index is -3.69. The van der Waals surface area contributed by atoms with Crippen LogP contribution in [0.2, 0.25) is 0 Å². The van der Waals surface area contributed by atoms with Crippen LogP contribution in [0.1, 0.15) is 18.1 Å². The summed E-state index contributed by atoms with van der Waals surface area (Å²) in [7, 11) is -0.705. The molecule has 0 atom stereocenters. The highest BCUT2D eigenvalue weighted by Crippen LogP contribution is 2.28. The van der Waals surface area contributed by atoms with E-state index in [9.17, 15) is 13.2 Å². The first-order valence-electron chi connectivity index (χ1n) is 8.44. The number of carbonyl (C=O) groups excluding carboxylic acids is 1. The molecule has 8 heteroatoms. The third kappa shape index (κ3) is 5.97. The van der Waals surface area contributed by atoms with E-state index in [-0.39, 0.29) is 12.3 Å². The van der Waals surface area contributed by atoms with E-state index >= 15 is 0 Å². The molecule has 2 rings (SSSR count). The summed E-state index contributed by atoms with van der Waals surface area (Å²) in [6.45, 7) is 1.64. The zero-order chi connectivity index (χ0) is 19.9. The monoisotopic (exact) mass is 392 g/mol. The van der Waals surface area contributed by atoms with Gasteiger partial charge in [0.25, 0.3) is 0 Å². The van der Waals surface area contributed by atoms with Crippen LogP contribution in [0.15, 0.2) is 42.5 Å². The van der Waals surface area contributed by atoms with E-state index in [1.165, 1.54) is 14.2 Å². The van der Waals surface area contributed by atoms with E-state index in [0.29, 0.717) is 22.7 Å². The highest BCUT2D eigenvalue weighted by Gasteiger charge is 2.16. The number of benzene rings is 2. The van der Waals surface area contributed by atoms with Crippen molar-refractivity contribution in [3.05, 3.63) is 53.6 Å². The lowest BCUT2D eigenvalue weighted by atomic mass is 10.1. The summed E-state index contributed by atoms with van der Waals surface area (Å²) in [6.07, 6.45) is 0.765. The molecule has 0 radical (unpaired) electrons. The predicted molar refractivity (Wildman–Crippen MR) is 105 cm³/mol. The van der Waals surface area contributed by atoms with Gasteiger partial charge in [-0.3, -0.25) is 4.79 Å². The number of methoxy groups -OCH3 is 2. The molecule has 2 N–H and O–H groups in total. The number of nitrogens with one attached hydrogen (secondary N) is 2. The number of para-hydroxylation sites is 1. The fourth-order valence-corrected chi connectivity index (χ4v) is 3.63. The SMILES string of the molecule is CCc1ccccc1NC(=O)CNS(=O)(=O)Cc1ccc(OC)c(OC)c1. The van der Waals surface area contributed by atoms with Gasteiger partial charge in [-0.15, -0.1) is 0 Å². The largest absolute Gasteiger partial charge is 0.493 e. The zero-order valence-corrected chi connectivity index (χ0v) is 16.4. The molecule has 1 amide bonds. The number of sulfonamides is 1. The van der Waals surface area contributed by atoms with Crippen molar-refractivity contribution in [2.24, 2.45) is 0 Å². The van der Waals surface area contributed by atoms with Crippen LogP contribution in [0.4, 0.5) is 5.69 Å². The third-order valence-electron chi connectivity index (χ3n) is 3.93. The smallest absolute Gasteiger partial charge is 0.239 e. The van der Waals surface area contributed by atoms with Crippen molar-refractivity contribution >= 4 is 21.6 Å². The Bertz CT molecular complexity index is 897. The maximum absolute atomic E-state index is 12.3. The zero-order valence-electron chi connectivity index (χ0n) is 15.6. The first-order chi connectivity index (χ1) is 12.9. The Morgan fingerprint density at radius 2 is 1.74 bits per heavy atom. The minimum Gasteiger partial charge on any atom is -0.493 e. The van der Waals surface area contributed by atoms with Gasteiger partial charge < -0.3 is 14.8 Å². The lowest BCUT2D eigenvalue weighted by molar-refractivity contribution is -0.115. The molecular weight excluding hydrogens is 368 g/mol. The maximum Gasteiger partial charge on any atom is 0.239 e. The van der Waals surface area contributed by atoms with Crippen molar-refractivity contribution in [2.75, 3.05) is 26.1 Å². The van der Waals surface area contributed by atoms with Crippen LogP contribution in [-0.4, -0.2) is 35.1 Å². The van der Waals surface area contributed by atoms with Gasteiger partial charge in [0.05, 0.1) is 26.5 Å². The van der Waals surface area contributed by atoms with Crippen LogP contribution < -0.4 is 19.5 Å². The van der Waals surface area contributed by atoms with Gasteiger partial charge in [-0.1, -0.05) is 31.2 Å². The fourth-order valence-electron chi connectivity index (χ4n) is 2.56. The fraction of sp³-hybridized carbons (Fsp3) is 0.316. The molecule has 146 valence electrons. The highest BCUT2D eigenvalue weighted by molar-refractivity contribution is 7.88. The van der Waals surface area contributed by atoms with Crippen molar-refractivity contribution < 1.29 is 22.7 Å². The van der Waals surface area contributed by atoms with Crippen molar-refractivity contribution in [1.82, 2.24) is 4.72 Å². The highest BCUT2D eigenvalue weighted by atomic mass is 32.2. The molecule has 2 aromatic rings. The number of aryl methyl sites for hydroxylation is 1. The minimum absolute atomic E-state index is 0.272. The van der Waals surface area contributed by atoms with Crippen LogP contribution in [0.3, 0.4) is 0 Å². The van der Waals surface area contributed by atoms with E-state index in [4.69, 9.17) is 9.47 Å². The number of anilines is 1. The molecular formula is C19H24N2O5S. The number of hydrogen-bond acceptors (Lipinski definition) is 5. The molecule has 0 aliphatic heterocycles. The Hall–Kier alpha value is -2.58. The van der Waals surface area contributed by atoms with Gasteiger partial charge in [-0.25, -0.2) is 13.1 Å². The standard InChI is InChI=1S/C19H24N2O5S/c1-4-15-7-5-6-8-16(15)21-19(22)12-20-27(23,24)13-14-9-10-17(25-2)18(11-14)26-3/h5-11,20H,4,12-13H2,1-3H3,(H,21,22). The van der Waals surface area contributed by atoms with E-state index in [1.807, 2.05) is 25.1 Å². The summed E-state index contributed by atoms with van der Waals surface area (Å²) in [6, 6.07) is 12.3.